The van der Waals surface area contributed by atoms with Gasteiger partial charge in [-0.25, -0.2) is 4.79 Å². The summed E-state index contributed by atoms with van der Waals surface area (Å²) >= 11 is 0. The van der Waals surface area contributed by atoms with Gasteiger partial charge in [-0.1, -0.05) is 38.8 Å². The molecule has 0 saturated carbocycles. The van der Waals surface area contributed by atoms with Crippen LogP contribution in [0.15, 0.2) is 46.9 Å². The quantitative estimate of drug-likeness (QED) is 0.349. The Morgan fingerprint density at radius 2 is 1.76 bits per heavy atom. The Bertz CT molecular complexity index is 842. The topological polar surface area (TPSA) is 113 Å². The summed E-state index contributed by atoms with van der Waals surface area (Å²) in [7, 11) is 0. The van der Waals surface area contributed by atoms with Crippen LogP contribution in [-0.2, 0) is 9.59 Å². The van der Waals surface area contributed by atoms with Gasteiger partial charge in [0, 0.05) is 30.1 Å². The van der Waals surface area contributed by atoms with Crippen LogP contribution in [0.5, 0.6) is 0 Å². The van der Waals surface area contributed by atoms with Crippen molar-refractivity contribution in [3.05, 3.63) is 62.6 Å². The summed E-state index contributed by atoms with van der Waals surface area (Å²) in [5, 5.41) is 24.3. The van der Waals surface area contributed by atoms with E-state index in [1.54, 1.807) is 12.1 Å². The number of dihydropyridines is 1. The standard InChI is InChI=1S/C21H27N3O5/c1-4-7-16-19(21(26)27)18(14-9-11-15(12-10-14)24(28)29)20(23(6-3)13-25)17(22-16)8-5-2/h9-13,18,22H,4-8H2,1-3H3,(H,26,27). The molecule has 29 heavy (non-hydrogen) atoms. The van der Waals surface area contributed by atoms with Gasteiger partial charge in [0.05, 0.1) is 22.1 Å². The Labute approximate surface area is 170 Å². The number of nitro benzene ring substituents is 1. The molecule has 1 atom stereocenters. The smallest absolute Gasteiger partial charge is 0.334 e. The predicted molar refractivity (Wildman–Crippen MR) is 109 cm³/mol. The van der Waals surface area contributed by atoms with E-state index in [0.29, 0.717) is 42.8 Å². The van der Waals surface area contributed by atoms with Crippen molar-refractivity contribution in [2.75, 3.05) is 6.54 Å². The monoisotopic (exact) mass is 401 g/mol. The Morgan fingerprint density at radius 3 is 2.21 bits per heavy atom. The maximum atomic E-state index is 12.3. The second kappa shape index (κ2) is 9.86. The zero-order valence-corrected chi connectivity index (χ0v) is 17.0. The average molecular weight is 401 g/mol. The molecule has 0 saturated heterocycles. The fraction of sp³-hybridized carbons (Fsp3) is 0.429. The van der Waals surface area contributed by atoms with Crippen LogP contribution in [0.1, 0.15) is 57.9 Å². The number of carboxylic acids is 1. The third kappa shape index (κ3) is 4.64. The molecule has 1 heterocycles. The molecule has 8 heteroatoms. The number of nitro groups is 1. The summed E-state index contributed by atoms with van der Waals surface area (Å²) in [5.74, 6) is -1.76. The van der Waals surface area contributed by atoms with E-state index in [0.717, 1.165) is 18.5 Å². The molecule has 2 N–H and O–H groups in total. The van der Waals surface area contributed by atoms with Crippen LogP contribution in [0.4, 0.5) is 5.69 Å². The third-order valence-corrected chi connectivity index (χ3v) is 4.94. The first-order valence-corrected chi connectivity index (χ1v) is 9.82. The van der Waals surface area contributed by atoms with Crippen LogP contribution in [0, 0.1) is 10.1 Å². The number of nitrogens with zero attached hydrogens (tertiary/aromatic N) is 2. The lowest BCUT2D eigenvalue weighted by atomic mass is 9.81. The molecular formula is C21H27N3O5. The summed E-state index contributed by atoms with van der Waals surface area (Å²) in [6.07, 6.45) is 3.49. The molecule has 0 aromatic heterocycles. The van der Waals surface area contributed by atoms with Crippen molar-refractivity contribution < 1.29 is 19.6 Å². The fourth-order valence-electron chi connectivity index (χ4n) is 3.69. The van der Waals surface area contributed by atoms with Crippen molar-refractivity contribution in [3.8, 4) is 0 Å². The van der Waals surface area contributed by atoms with E-state index in [4.69, 9.17) is 0 Å². The zero-order chi connectivity index (χ0) is 21.6. The fourth-order valence-corrected chi connectivity index (χ4v) is 3.69. The molecule has 0 radical (unpaired) electrons. The Hall–Kier alpha value is -3.16. The second-order valence-electron chi connectivity index (χ2n) is 6.86. The number of benzene rings is 1. The largest absolute Gasteiger partial charge is 0.478 e. The highest BCUT2D eigenvalue weighted by atomic mass is 16.6. The summed E-state index contributed by atoms with van der Waals surface area (Å²) < 4.78 is 0. The SMILES string of the molecule is CCCC1=C(C(=O)O)C(c2ccc([N+](=O)[O-])cc2)C(N(C=O)CC)=C(CCC)N1. The van der Waals surface area contributed by atoms with Crippen LogP contribution in [0.25, 0.3) is 0 Å². The molecule has 1 aliphatic rings. The average Bonchev–Trinajstić information content (AvgIpc) is 2.70. The van der Waals surface area contributed by atoms with Crippen molar-refractivity contribution in [2.45, 2.75) is 52.4 Å². The van der Waals surface area contributed by atoms with Gasteiger partial charge in [0.15, 0.2) is 0 Å². The third-order valence-electron chi connectivity index (χ3n) is 4.94. The minimum absolute atomic E-state index is 0.0700. The Kier molecular flexibility index (Phi) is 7.52. The van der Waals surface area contributed by atoms with Gasteiger partial charge in [-0.3, -0.25) is 14.9 Å². The van der Waals surface area contributed by atoms with E-state index in [1.807, 2.05) is 20.8 Å². The number of rotatable bonds is 10. The summed E-state index contributed by atoms with van der Waals surface area (Å²) in [5.41, 5.74) is 2.74. The Morgan fingerprint density at radius 1 is 1.17 bits per heavy atom. The molecule has 0 bridgehead atoms. The molecule has 8 nitrogen and oxygen atoms in total. The highest BCUT2D eigenvalue weighted by molar-refractivity contribution is 5.91. The van der Waals surface area contributed by atoms with Gasteiger partial charge in [0.25, 0.3) is 5.69 Å². The summed E-state index contributed by atoms with van der Waals surface area (Å²) in [4.78, 5) is 36.1. The van der Waals surface area contributed by atoms with E-state index in [9.17, 15) is 24.8 Å². The second-order valence-corrected chi connectivity index (χ2v) is 6.86. The number of hydrogen-bond donors (Lipinski definition) is 2. The lowest BCUT2D eigenvalue weighted by Gasteiger charge is -2.36. The first-order valence-electron chi connectivity index (χ1n) is 9.82. The van der Waals surface area contributed by atoms with Gasteiger partial charge >= 0.3 is 5.97 Å². The highest BCUT2D eigenvalue weighted by Crippen LogP contribution is 2.41. The lowest BCUT2D eigenvalue weighted by Crippen LogP contribution is -2.37. The first kappa shape index (κ1) is 22.1. The predicted octanol–water partition coefficient (Wildman–Crippen LogP) is 3.91. The van der Waals surface area contributed by atoms with E-state index in [2.05, 4.69) is 5.32 Å². The van der Waals surface area contributed by atoms with E-state index in [-0.39, 0.29) is 11.3 Å². The van der Waals surface area contributed by atoms with Gasteiger partial charge in [-0.05, 0) is 25.3 Å². The number of amides is 1. The van der Waals surface area contributed by atoms with Crippen molar-refractivity contribution in [1.29, 1.82) is 0 Å². The first-order chi connectivity index (χ1) is 13.9. The van der Waals surface area contributed by atoms with Crippen molar-refractivity contribution >= 4 is 18.1 Å². The van der Waals surface area contributed by atoms with Crippen LogP contribution in [0.3, 0.4) is 0 Å². The minimum Gasteiger partial charge on any atom is -0.478 e. The van der Waals surface area contributed by atoms with Gasteiger partial charge in [0.1, 0.15) is 0 Å². The van der Waals surface area contributed by atoms with Crippen LogP contribution in [-0.4, -0.2) is 33.9 Å². The maximum absolute atomic E-state index is 12.3. The molecular weight excluding hydrogens is 374 g/mol. The number of aliphatic carboxylic acids is 1. The zero-order valence-electron chi connectivity index (χ0n) is 17.0. The number of carbonyl (C=O) groups is 2. The van der Waals surface area contributed by atoms with Crippen LogP contribution in [0.2, 0.25) is 0 Å². The van der Waals surface area contributed by atoms with Gasteiger partial charge in [-0.15, -0.1) is 0 Å². The maximum Gasteiger partial charge on any atom is 0.334 e. The van der Waals surface area contributed by atoms with Crippen LogP contribution < -0.4 is 5.32 Å². The molecule has 156 valence electrons. The molecule has 0 fully saturated rings. The van der Waals surface area contributed by atoms with Gasteiger partial charge < -0.3 is 15.3 Å². The Balaban J connectivity index is 2.76. The molecule has 1 amide bonds. The lowest BCUT2D eigenvalue weighted by molar-refractivity contribution is -0.384. The number of likely N-dealkylation sites (N-methyl/N-ethyl adjacent to an activating group) is 1. The van der Waals surface area contributed by atoms with Crippen molar-refractivity contribution in [3.63, 3.8) is 0 Å². The number of hydrogen-bond acceptors (Lipinski definition) is 5. The molecule has 1 unspecified atom stereocenters. The number of nitrogens with one attached hydrogen (secondary N) is 1. The van der Waals surface area contributed by atoms with E-state index in [1.165, 1.54) is 17.0 Å². The summed E-state index contributed by atoms with van der Waals surface area (Å²) in [6.45, 7) is 6.19. The summed E-state index contributed by atoms with van der Waals surface area (Å²) in [6, 6.07) is 5.88. The molecule has 2 rings (SSSR count). The number of carboxylic acid groups (broad SMARTS) is 1. The van der Waals surface area contributed by atoms with E-state index < -0.39 is 16.8 Å². The minimum atomic E-state index is -1.07. The van der Waals surface area contributed by atoms with Gasteiger partial charge in [-0.2, -0.15) is 0 Å². The normalized spacial score (nSPS) is 16.4. The molecule has 1 aliphatic heterocycles. The van der Waals surface area contributed by atoms with E-state index >= 15 is 0 Å². The highest BCUT2D eigenvalue weighted by Gasteiger charge is 2.37. The molecule has 0 aliphatic carbocycles. The number of carbonyl (C=O) groups excluding carboxylic acids is 1. The molecule has 0 spiro atoms. The van der Waals surface area contributed by atoms with Crippen LogP contribution >= 0.6 is 0 Å². The van der Waals surface area contributed by atoms with Crippen molar-refractivity contribution in [1.82, 2.24) is 10.2 Å². The molecule has 1 aromatic carbocycles. The van der Waals surface area contributed by atoms with Crippen molar-refractivity contribution in [2.24, 2.45) is 0 Å². The molecule has 1 aromatic rings. The number of allylic oxidation sites excluding steroid dienone is 3. The number of non-ortho nitro benzene ring substituents is 1. The van der Waals surface area contributed by atoms with Gasteiger partial charge in [0.2, 0.25) is 6.41 Å².